The van der Waals surface area contributed by atoms with Crippen molar-refractivity contribution >= 4 is 0 Å². The molecule has 1 radical (unpaired) electrons. The van der Waals surface area contributed by atoms with Crippen molar-refractivity contribution in [1.82, 2.24) is 15.1 Å². The summed E-state index contributed by atoms with van der Waals surface area (Å²) < 4.78 is 19.2. The minimum absolute atomic E-state index is 0.289. The summed E-state index contributed by atoms with van der Waals surface area (Å²) in [6.45, 7) is 4.33. The van der Waals surface area contributed by atoms with Crippen LogP contribution in [-0.2, 0) is 0 Å². The van der Waals surface area contributed by atoms with Gasteiger partial charge in [0.1, 0.15) is 17.4 Å². The van der Waals surface area contributed by atoms with Crippen LogP contribution < -0.4 is 10.1 Å². The molecule has 0 amide bonds. The SMILES string of the molecule is Fc1cccc(OC2C=C[C]=C(N3CCCN(C4CCC4)CC3)N2)c1. The zero-order valence-corrected chi connectivity index (χ0v) is 14.5. The van der Waals surface area contributed by atoms with Gasteiger partial charge in [-0.2, -0.15) is 0 Å². The van der Waals surface area contributed by atoms with Crippen LogP contribution in [0, 0.1) is 11.9 Å². The molecule has 1 aliphatic carbocycles. The maximum Gasteiger partial charge on any atom is 0.190 e. The Bertz CT molecular complexity index is 656. The molecule has 1 aromatic rings. The molecule has 2 aliphatic heterocycles. The van der Waals surface area contributed by atoms with E-state index in [1.807, 2.05) is 12.2 Å². The van der Waals surface area contributed by atoms with E-state index in [-0.39, 0.29) is 12.0 Å². The Balaban J connectivity index is 1.34. The monoisotopic (exact) mass is 342 g/mol. The van der Waals surface area contributed by atoms with Crippen LogP contribution in [0.5, 0.6) is 5.75 Å². The zero-order valence-electron chi connectivity index (χ0n) is 14.5. The molecular weight excluding hydrogens is 317 g/mol. The third-order valence-corrected chi connectivity index (χ3v) is 5.27. The second-order valence-corrected chi connectivity index (χ2v) is 6.95. The van der Waals surface area contributed by atoms with E-state index >= 15 is 0 Å². The fraction of sp³-hybridized carbons (Fsp3) is 0.500. The topological polar surface area (TPSA) is 27.7 Å². The second kappa shape index (κ2) is 7.48. The van der Waals surface area contributed by atoms with Crippen LogP contribution in [-0.4, -0.2) is 48.2 Å². The molecule has 5 heteroatoms. The van der Waals surface area contributed by atoms with Crippen LogP contribution in [0.4, 0.5) is 4.39 Å². The maximum atomic E-state index is 13.3. The lowest BCUT2D eigenvalue weighted by Gasteiger charge is -2.37. The quantitative estimate of drug-likeness (QED) is 0.911. The highest BCUT2D eigenvalue weighted by Crippen LogP contribution is 2.26. The second-order valence-electron chi connectivity index (χ2n) is 6.95. The first-order valence-electron chi connectivity index (χ1n) is 9.26. The van der Waals surface area contributed by atoms with Crippen molar-refractivity contribution in [2.75, 3.05) is 26.2 Å². The van der Waals surface area contributed by atoms with E-state index in [9.17, 15) is 4.39 Å². The van der Waals surface area contributed by atoms with Gasteiger partial charge in [0.2, 0.25) is 0 Å². The first kappa shape index (κ1) is 16.5. The number of ether oxygens (including phenoxy) is 1. The molecule has 2 fully saturated rings. The molecule has 25 heavy (non-hydrogen) atoms. The van der Waals surface area contributed by atoms with E-state index in [2.05, 4.69) is 21.2 Å². The lowest BCUT2D eigenvalue weighted by Crippen LogP contribution is -2.44. The number of nitrogens with one attached hydrogen (secondary N) is 1. The van der Waals surface area contributed by atoms with Crippen LogP contribution in [0.25, 0.3) is 0 Å². The molecule has 1 saturated heterocycles. The standard InChI is InChI=1S/C20H25FN3O/c21-16-5-1-8-18(15-16)25-20-10-3-9-19(22-20)24-12-4-11-23(13-14-24)17-6-2-7-17/h1,3,5,8,10,15,17,20,22H,2,4,6-7,11-14H2. The average molecular weight is 342 g/mol. The van der Waals surface area contributed by atoms with Gasteiger partial charge in [-0.15, -0.1) is 0 Å². The van der Waals surface area contributed by atoms with Crippen molar-refractivity contribution in [2.45, 2.75) is 38.0 Å². The van der Waals surface area contributed by atoms with E-state index in [0.29, 0.717) is 5.75 Å². The van der Waals surface area contributed by atoms with E-state index in [0.717, 1.165) is 31.5 Å². The fourth-order valence-electron chi connectivity index (χ4n) is 3.66. The van der Waals surface area contributed by atoms with E-state index in [1.165, 1.54) is 44.4 Å². The van der Waals surface area contributed by atoms with Crippen molar-refractivity contribution in [2.24, 2.45) is 0 Å². The third-order valence-electron chi connectivity index (χ3n) is 5.27. The highest BCUT2D eigenvalue weighted by Gasteiger charge is 2.27. The lowest BCUT2D eigenvalue weighted by atomic mass is 9.91. The molecule has 1 aromatic carbocycles. The number of hydrogen-bond donors (Lipinski definition) is 1. The number of dihydropyridines is 1. The summed E-state index contributed by atoms with van der Waals surface area (Å²) in [6, 6.07) is 7.05. The highest BCUT2D eigenvalue weighted by atomic mass is 19.1. The molecule has 2 heterocycles. The molecule has 1 saturated carbocycles. The lowest BCUT2D eigenvalue weighted by molar-refractivity contribution is 0.131. The summed E-state index contributed by atoms with van der Waals surface area (Å²) in [5.41, 5.74) is 0. The van der Waals surface area contributed by atoms with Gasteiger partial charge < -0.3 is 15.0 Å². The molecule has 1 N–H and O–H groups in total. The van der Waals surface area contributed by atoms with Crippen LogP contribution in [0.2, 0.25) is 0 Å². The molecule has 0 spiro atoms. The molecule has 4 rings (SSSR count). The predicted molar refractivity (Wildman–Crippen MR) is 95.2 cm³/mol. The summed E-state index contributed by atoms with van der Waals surface area (Å²) in [6.07, 6.45) is 12.1. The van der Waals surface area contributed by atoms with Gasteiger partial charge in [0.05, 0.1) is 0 Å². The van der Waals surface area contributed by atoms with E-state index < -0.39 is 0 Å². The molecule has 0 bridgehead atoms. The Morgan fingerprint density at radius 3 is 2.84 bits per heavy atom. The Labute approximate surface area is 148 Å². The molecule has 1 atom stereocenters. The van der Waals surface area contributed by atoms with Gasteiger partial charge in [-0.05, 0) is 43.5 Å². The number of rotatable bonds is 4. The maximum absolute atomic E-state index is 13.3. The smallest absolute Gasteiger partial charge is 0.190 e. The van der Waals surface area contributed by atoms with E-state index in [4.69, 9.17) is 4.74 Å². The van der Waals surface area contributed by atoms with E-state index in [1.54, 1.807) is 12.1 Å². The largest absolute Gasteiger partial charge is 0.467 e. The highest BCUT2D eigenvalue weighted by molar-refractivity contribution is 5.24. The van der Waals surface area contributed by atoms with Gasteiger partial charge in [-0.1, -0.05) is 12.5 Å². The van der Waals surface area contributed by atoms with Gasteiger partial charge in [-0.3, -0.25) is 4.90 Å². The van der Waals surface area contributed by atoms with Gasteiger partial charge >= 0.3 is 0 Å². The van der Waals surface area contributed by atoms with Gasteiger partial charge in [0.15, 0.2) is 6.23 Å². The minimum Gasteiger partial charge on any atom is -0.467 e. The molecular formula is C20H25FN3O. The van der Waals surface area contributed by atoms with Crippen molar-refractivity contribution in [3.05, 3.63) is 54.1 Å². The molecule has 4 nitrogen and oxygen atoms in total. The third kappa shape index (κ3) is 3.98. The minimum atomic E-state index is -0.302. The van der Waals surface area contributed by atoms with Crippen LogP contribution in [0.15, 0.2) is 42.2 Å². The van der Waals surface area contributed by atoms with Crippen molar-refractivity contribution in [1.29, 1.82) is 0 Å². The van der Waals surface area contributed by atoms with Crippen LogP contribution in [0.1, 0.15) is 25.7 Å². The summed E-state index contributed by atoms with van der Waals surface area (Å²) in [4.78, 5) is 4.99. The van der Waals surface area contributed by atoms with Gasteiger partial charge in [0.25, 0.3) is 0 Å². The first-order valence-corrected chi connectivity index (χ1v) is 9.26. The van der Waals surface area contributed by atoms with Crippen LogP contribution in [0.3, 0.4) is 0 Å². The average Bonchev–Trinajstić information content (AvgIpc) is 2.80. The molecule has 0 aromatic heterocycles. The van der Waals surface area contributed by atoms with Crippen molar-refractivity contribution in [3.63, 3.8) is 0 Å². The Morgan fingerprint density at radius 1 is 1.12 bits per heavy atom. The summed E-state index contributed by atoms with van der Waals surface area (Å²) in [5, 5.41) is 3.37. The van der Waals surface area contributed by atoms with Gasteiger partial charge in [0, 0.05) is 44.4 Å². The Kier molecular flexibility index (Phi) is 4.92. The predicted octanol–water partition coefficient (Wildman–Crippen LogP) is 2.89. The van der Waals surface area contributed by atoms with Gasteiger partial charge in [-0.25, -0.2) is 4.39 Å². The number of benzene rings is 1. The Morgan fingerprint density at radius 2 is 2.04 bits per heavy atom. The van der Waals surface area contributed by atoms with Crippen LogP contribution >= 0.6 is 0 Å². The Hall–Kier alpha value is -2.01. The van der Waals surface area contributed by atoms with Crippen molar-refractivity contribution < 1.29 is 9.13 Å². The normalized spacial score (nSPS) is 24.9. The fourth-order valence-corrected chi connectivity index (χ4v) is 3.66. The summed E-state index contributed by atoms with van der Waals surface area (Å²) >= 11 is 0. The summed E-state index contributed by atoms with van der Waals surface area (Å²) in [7, 11) is 0. The number of hydrogen-bond acceptors (Lipinski definition) is 4. The number of halogens is 1. The first-order chi connectivity index (χ1) is 12.3. The molecule has 3 aliphatic rings. The summed E-state index contributed by atoms with van der Waals surface area (Å²) in [5.74, 6) is 1.21. The number of nitrogens with zero attached hydrogens (tertiary/aromatic N) is 2. The zero-order chi connectivity index (χ0) is 17.1. The molecule has 133 valence electrons. The molecule has 1 unspecified atom stereocenters. The van der Waals surface area contributed by atoms with Crippen molar-refractivity contribution in [3.8, 4) is 5.75 Å². The number of allylic oxidation sites excluding steroid dienone is 2.